The zero-order valence-corrected chi connectivity index (χ0v) is 11.0. The summed E-state index contributed by atoms with van der Waals surface area (Å²) in [5, 5.41) is 16.5. The fourth-order valence-corrected chi connectivity index (χ4v) is 1.62. The predicted octanol–water partition coefficient (Wildman–Crippen LogP) is 0.367. The highest BCUT2D eigenvalue weighted by Crippen LogP contribution is 2.26. The summed E-state index contributed by atoms with van der Waals surface area (Å²) in [7, 11) is 3.45. The van der Waals surface area contributed by atoms with Crippen LogP contribution in [0.15, 0.2) is 24.3 Å². The van der Waals surface area contributed by atoms with E-state index in [2.05, 4.69) is 10.6 Å². The number of likely N-dealkylation sites (N-methyl/N-ethyl adjacent to an activating group) is 2. The Labute approximate surface area is 111 Å². The van der Waals surface area contributed by atoms with Crippen molar-refractivity contribution < 1.29 is 9.72 Å². The summed E-state index contributed by atoms with van der Waals surface area (Å²) in [6, 6.07) is 6.35. The Morgan fingerprint density at radius 2 is 2.05 bits per heavy atom. The Morgan fingerprint density at radius 1 is 1.37 bits per heavy atom. The molecule has 0 fully saturated rings. The van der Waals surface area contributed by atoms with Gasteiger partial charge in [-0.15, -0.1) is 0 Å². The van der Waals surface area contributed by atoms with E-state index in [9.17, 15) is 14.9 Å². The van der Waals surface area contributed by atoms with Gasteiger partial charge in [0.15, 0.2) is 0 Å². The first-order chi connectivity index (χ1) is 9.06. The minimum Gasteiger partial charge on any atom is -0.360 e. The average molecular weight is 266 g/mol. The zero-order chi connectivity index (χ0) is 14.3. The summed E-state index contributed by atoms with van der Waals surface area (Å²) in [4.78, 5) is 23.6. The number of nitrogens with zero attached hydrogens (tertiary/aromatic N) is 2. The van der Waals surface area contributed by atoms with Crippen LogP contribution in [0.4, 0.5) is 11.4 Å². The van der Waals surface area contributed by atoms with Gasteiger partial charge in [-0.25, -0.2) is 0 Å². The van der Waals surface area contributed by atoms with Gasteiger partial charge in [0.2, 0.25) is 5.91 Å². The van der Waals surface area contributed by atoms with Crippen LogP contribution in [-0.4, -0.2) is 44.6 Å². The van der Waals surface area contributed by atoms with Crippen molar-refractivity contribution in [2.45, 2.75) is 0 Å². The summed E-state index contributed by atoms with van der Waals surface area (Å²) in [5.74, 6) is -0.170. The molecule has 0 saturated carbocycles. The number of hydrogen-bond acceptors (Lipinski definition) is 5. The summed E-state index contributed by atoms with van der Waals surface area (Å²) in [6.07, 6.45) is 0. The van der Waals surface area contributed by atoms with Crippen LogP contribution < -0.4 is 15.5 Å². The largest absolute Gasteiger partial charge is 0.360 e. The molecule has 104 valence electrons. The van der Waals surface area contributed by atoms with Crippen molar-refractivity contribution in [2.75, 3.05) is 38.6 Å². The van der Waals surface area contributed by atoms with E-state index in [1.807, 2.05) is 0 Å². The molecule has 1 aromatic rings. The van der Waals surface area contributed by atoms with Crippen molar-refractivity contribution in [3.63, 3.8) is 0 Å². The highest BCUT2D eigenvalue weighted by Gasteiger charge is 2.17. The monoisotopic (exact) mass is 266 g/mol. The highest BCUT2D eigenvalue weighted by molar-refractivity contribution is 5.82. The molecule has 0 spiro atoms. The topological polar surface area (TPSA) is 87.5 Å². The van der Waals surface area contributed by atoms with Gasteiger partial charge in [0.1, 0.15) is 5.69 Å². The molecular formula is C12H18N4O3. The number of nitrogens with one attached hydrogen (secondary N) is 2. The van der Waals surface area contributed by atoms with Crippen molar-refractivity contribution in [3.05, 3.63) is 34.4 Å². The first-order valence-electron chi connectivity index (χ1n) is 5.92. The third kappa shape index (κ3) is 4.55. The van der Waals surface area contributed by atoms with Crippen LogP contribution in [0, 0.1) is 10.1 Å². The number of amides is 1. The van der Waals surface area contributed by atoms with E-state index in [0.717, 1.165) is 0 Å². The molecule has 1 aromatic carbocycles. The van der Waals surface area contributed by atoms with E-state index >= 15 is 0 Å². The second kappa shape index (κ2) is 7.32. The first-order valence-corrected chi connectivity index (χ1v) is 5.92. The summed E-state index contributed by atoms with van der Waals surface area (Å²) in [6.45, 7) is 1.29. The molecule has 7 nitrogen and oxygen atoms in total. The number of carbonyl (C=O) groups is 1. The van der Waals surface area contributed by atoms with Gasteiger partial charge < -0.3 is 15.5 Å². The quantitative estimate of drug-likeness (QED) is 0.423. The number of nitro groups is 1. The Hall–Kier alpha value is -2.15. The Kier molecular flexibility index (Phi) is 5.74. The summed E-state index contributed by atoms with van der Waals surface area (Å²) >= 11 is 0. The van der Waals surface area contributed by atoms with Crippen molar-refractivity contribution >= 4 is 17.3 Å². The standard InChI is InChI=1S/C12H18N4O3/c1-13-7-8-14-12(17)9-15(2)10-5-3-4-6-11(10)16(18)19/h3-6,13H,7-9H2,1-2H3,(H,14,17). The molecule has 0 aromatic heterocycles. The van der Waals surface area contributed by atoms with Crippen LogP contribution in [-0.2, 0) is 4.79 Å². The third-order valence-electron chi connectivity index (χ3n) is 2.57. The van der Waals surface area contributed by atoms with Crippen LogP contribution in [0.2, 0.25) is 0 Å². The maximum Gasteiger partial charge on any atom is 0.292 e. The number of para-hydroxylation sites is 2. The number of hydrogen-bond donors (Lipinski definition) is 2. The Bertz CT molecular complexity index is 450. The van der Waals surface area contributed by atoms with Gasteiger partial charge in [-0.1, -0.05) is 12.1 Å². The molecule has 0 unspecified atom stereocenters. The molecule has 0 bridgehead atoms. The van der Waals surface area contributed by atoms with E-state index in [1.165, 1.54) is 6.07 Å². The molecule has 0 saturated heterocycles. The molecule has 0 aliphatic rings. The highest BCUT2D eigenvalue weighted by atomic mass is 16.6. The fourth-order valence-electron chi connectivity index (χ4n) is 1.62. The van der Waals surface area contributed by atoms with Gasteiger partial charge >= 0.3 is 0 Å². The lowest BCUT2D eigenvalue weighted by molar-refractivity contribution is -0.384. The summed E-state index contributed by atoms with van der Waals surface area (Å²) < 4.78 is 0. The molecule has 0 heterocycles. The summed E-state index contributed by atoms with van der Waals surface area (Å²) in [5.41, 5.74) is 0.421. The van der Waals surface area contributed by atoms with E-state index in [4.69, 9.17) is 0 Å². The van der Waals surface area contributed by atoms with E-state index in [-0.39, 0.29) is 18.1 Å². The van der Waals surface area contributed by atoms with Crippen LogP contribution in [0.5, 0.6) is 0 Å². The smallest absolute Gasteiger partial charge is 0.292 e. The normalized spacial score (nSPS) is 10.0. The SMILES string of the molecule is CNCCNC(=O)CN(C)c1ccccc1[N+](=O)[O-]. The average Bonchev–Trinajstić information content (AvgIpc) is 2.39. The fraction of sp³-hybridized carbons (Fsp3) is 0.417. The Morgan fingerprint density at radius 3 is 2.68 bits per heavy atom. The second-order valence-corrected chi connectivity index (χ2v) is 4.06. The van der Waals surface area contributed by atoms with Crippen LogP contribution in [0.1, 0.15) is 0 Å². The first kappa shape index (κ1) is 14.9. The molecule has 1 amide bonds. The van der Waals surface area contributed by atoms with Gasteiger partial charge in [-0.2, -0.15) is 0 Å². The van der Waals surface area contributed by atoms with Gasteiger partial charge in [0.05, 0.1) is 11.5 Å². The molecule has 0 aliphatic carbocycles. The molecule has 2 N–H and O–H groups in total. The minimum absolute atomic E-state index is 0.00646. The molecule has 0 atom stereocenters. The van der Waals surface area contributed by atoms with Crippen molar-refractivity contribution in [1.29, 1.82) is 0 Å². The number of benzene rings is 1. The van der Waals surface area contributed by atoms with E-state index in [1.54, 1.807) is 37.2 Å². The van der Waals surface area contributed by atoms with Crippen LogP contribution in [0.25, 0.3) is 0 Å². The van der Waals surface area contributed by atoms with Gasteiger partial charge in [-0.05, 0) is 13.1 Å². The van der Waals surface area contributed by atoms with Gasteiger partial charge in [0.25, 0.3) is 5.69 Å². The van der Waals surface area contributed by atoms with E-state index < -0.39 is 4.92 Å². The molecule has 19 heavy (non-hydrogen) atoms. The maximum absolute atomic E-state index is 11.6. The van der Waals surface area contributed by atoms with Gasteiger partial charge in [0, 0.05) is 26.2 Å². The third-order valence-corrected chi connectivity index (χ3v) is 2.57. The van der Waals surface area contributed by atoms with Crippen molar-refractivity contribution in [3.8, 4) is 0 Å². The predicted molar refractivity (Wildman–Crippen MR) is 73.3 cm³/mol. The lowest BCUT2D eigenvalue weighted by Crippen LogP contribution is -2.38. The van der Waals surface area contributed by atoms with Crippen LogP contribution >= 0.6 is 0 Å². The van der Waals surface area contributed by atoms with Crippen LogP contribution in [0.3, 0.4) is 0 Å². The molecule has 1 rings (SSSR count). The number of anilines is 1. The number of rotatable bonds is 7. The minimum atomic E-state index is -0.454. The molecular weight excluding hydrogens is 248 g/mol. The van der Waals surface area contributed by atoms with E-state index in [0.29, 0.717) is 18.8 Å². The number of nitro benzene ring substituents is 1. The lowest BCUT2D eigenvalue weighted by atomic mass is 10.2. The van der Waals surface area contributed by atoms with Crippen molar-refractivity contribution in [2.24, 2.45) is 0 Å². The Balaban J connectivity index is 2.65. The molecule has 0 aliphatic heterocycles. The van der Waals surface area contributed by atoms with Gasteiger partial charge in [-0.3, -0.25) is 14.9 Å². The molecule has 7 heteroatoms. The second-order valence-electron chi connectivity index (χ2n) is 4.06. The zero-order valence-electron chi connectivity index (χ0n) is 11.0. The molecule has 0 radical (unpaired) electrons. The lowest BCUT2D eigenvalue weighted by Gasteiger charge is -2.18. The maximum atomic E-state index is 11.6. The van der Waals surface area contributed by atoms with Crippen molar-refractivity contribution in [1.82, 2.24) is 10.6 Å². The number of carbonyl (C=O) groups excluding carboxylic acids is 1.